The van der Waals surface area contributed by atoms with E-state index in [1.165, 1.54) is 6.07 Å². The van der Waals surface area contributed by atoms with Gasteiger partial charge in [0.25, 0.3) is 0 Å². The van der Waals surface area contributed by atoms with Crippen molar-refractivity contribution < 1.29 is 9.53 Å². The second kappa shape index (κ2) is 6.72. The number of ether oxygens (including phenoxy) is 1. The Morgan fingerprint density at radius 3 is 2.60 bits per heavy atom. The van der Waals surface area contributed by atoms with Gasteiger partial charge in [0.1, 0.15) is 5.69 Å². The van der Waals surface area contributed by atoms with E-state index >= 15 is 0 Å². The first-order chi connectivity index (χ1) is 9.56. The molecule has 0 aliphatic heterocycles. The Balaban J connectivity index is 2.32. The summed E-state index contributed by atoms with van der Waals surface area (Å²) in [5, 5.41) is 7.75. The minimum absolute atomic E-state index is 0.146. The van der Waals surface area contributed by atoms with Crippen LogP contribution in [0.2, 0.25) is 5.15 Å². The molecule has 0 unspecified atom stereocenters. The molecule has 0 spiro atoms. The zero-order valence-electron chi connectivity index (χ0n) is 11.0. The van der Waals surface area contributed by atoms with Crippen LogP contribution >= 0.6 is 23.4 Å². The Morgan fingerprint density at radius 1 is 1.25 bits per heavy atom. The number of benzene rings is 1. The molecular formula is C14H13ClN2O2S. The van der Waals surface area contributed by atoms with E-state index in [2.05, 4.69) is 10.2 Å². The summed E-state index contributed by atoms with van der Waals surface area (Å²) in [5.41, 5.74) is 1.31. The van der Waals surface area contributed by atoms with E-state index < -0.39 is 0 Å². The third-order valence-electron chi connectivity index (χ3n) is 2.30. The van der Waals surface area contributed by atoms with Crippen molar-refractivity contribution in [2.45, 2.75) is 19.1 Å². The third-order valence-corrected chi connectivity index (χ3v) is 3.23. The second-order valence-corrected chi connectivity index (χ2v) is 6.16. The number of carbonyl (C=O) groups excluding carboxylic acids is 1. The van der Waals surface area contributed by atoms with Gasteiger partial charge in [-0.15, -0.1) is 10.2 Å². The van der Waals surface area contributed by atoms with Crippen LogP contribution in [0.15, 0.2) is 36.4 Å². The SMILES string of the molecule is CC(C)SC(=O)Oc1cc(Cl)nnc1-c1ccccc1. The van der Waals surface area contributed by atoms with Crippen LogP contribution in [0.3, 0.4) is 0 Å². The number of hydrogen-bond donors (Lipinski definition) is 0. The molecule has 1 aromatic heterocycles. The molecule has 20 heavy (non-hydrogen) atoms. The van der Waals surface area contributed by atoms with Gasteiger partial charge in [0, 0.05) is 16.9 Å². The lowest BCUT2D eigenvalue weighted by molar-refractivity contribution is 0.227. The molecular weight excluding hydrogens is 296 g/mol. The van der Waals surface area contributed by atoms with Gasteiger partial charge in [0.2, 0.25) is 0 Å². The van der Waals surface area contributed by atoms with Crippen LogP contribution < -0.4 is 4.74 Å². The summed E-state index contributed by atoms with van der Waals surface area (Å²) in [6.45, 7) is 3.84. The van der Waals surface area contributed by atoms with Crippen LogP contribution in [0.25, 0.3) is 11.3 Å². The summed E-state index contributed by atoms with van der Waals surface area (Å²) in [4.78, 5) is 11.8. The molecule has 2 aromatic rings. The normalized spacial score (nSPS) is 10.6. The van der Waals surface area contributed by atoms with Crippen molar-refractivity contribution in [1.82, 2.24) is 10.2 Å². The number of nitrogens with zero attached hydrogens (tertiary/aromatic N) is 2. The van der Waals surface area contributed by atoms with Crippen molar-refractivity contribution in [3.63, 3.8) is 0 Å². The first-order valence-electron chi connectivity index (χ1n) is 6.03. The Labute approximate surface area is 126 Å². The molecule has 6 heteroatoms. The number of carbonyl (C=O) groups is 1. The van der Waals surface area contributed by atoms with Gasteiger partial charge in [-0.2, -0.15) is 0 Å². The van der Waals surface area contributed by atoms with E-state index in [0.29, 0.717) is 11.4 Å². The van der Waals surface area contributed by atoms with E-state index in [1.807, 2.05) is 44.2 Å². The summed E-state index contributed by atoms with van der Waals surface area (Å²) in [5.74, 6) is 0.314. The summed E-state index contributed by atoms with van der Waals surface area (Å²) < 4.78 is 5.33. The monoisotopic (exact) mass is 308 g/mol. The molecule has 0 amide bonds. The number of rotatable bonds is 3. The second-order valence-electron chi connectivity index (χ2n) is 4.26. The molecule has 1 heterocycles. The van der Waals surface area contributed by atoms with E-state index in [-0.39, 0.29) is 15.7 Å². The van der Waals surface area contributed by atoms with Crippen LogP contribution in [0.5, 0.6) is 5.75 Å². The molecule has 0 atom stereocenters. The molecule has 104 valence electrons. The van der Waals surface area contributed by atoms with Crippen LogP contribution in [-0.2, 0) is 0 Å². The van der Waals surface area contributed by atoms with Crippen LogP contribution in [0.4, 0.5) is 4.79 Å². The van der Waals surface area contributed by atoms with E-state index in [1.54, 1.807) is 0 Å². The van der Waals surface area contributed by atoms with Gasteiger partial charge in [-0.1, -0.05) is 55.8 Å². The first kappa shape index (κ1) is 14.8. The standard InChI is InChI=1S/C14H13ClN2O2S/c1-9(2)20-14(18)19-11-8-12(15)16-17-13(11)10-6-4-3-5-7-10/h3-9H,1-2H3. The van der Waals surface area contributed by atoms with Crippen molar-refractivity contribution >= 4 is 28.7 Å². The molecule has 0 saturated heterocycles. The lowest BCUT2D eigenvalue weighted by Crippen LogP contribution is -2.06. The van der Waals surface area contributed by atoms with Gasteiger partial charge >= 0.3 is 5.30 Å². The molecule has 0 radical (unpaired) electrons. The predicted molar refractivity (Wildman–Crippen MR) is 81.2 cm³/mol. The molecule has 1 aromatic carbocycles. The number of thioether (sulfide) groups is 1. The fraction of sp³-hybridized carbons (Fsp3) is 0.214. The highest BCUT2D eigenvalue weighted by atomic mass is 35.5. The summed E-state index contributed by atoms with van der Waals surface area (Å²) in [7, 11) is 0. The van der Waals surface area contributed by atoms with Gasteiger partial charge in [0.05, 0.1) is 0 Å². The quantitative estimate of drug-likeness (QED) is 0.785. The Morgan fingerprint density at radius 2 is 1.95 bits per heavy atom. The highest BCUT2D eigenvalue weighted by Gasteiger charge is 2.15. The van der Waals surface area contributed by atoms with E-state index in [0.717, 1.165) is 17.3 Å². The summed E-state index contributed by atoms with van der Waals surface area (Å²) >= 11 is 6.93. The molecule has 0 aliphatic rings. The van der Waals surface area contributed by atoms with E-state index in [9.17, 15) is 4.79 Å². The maximum absolute atomic E-state index is 11.8. The zero-order valence-corrected chi connectivity index (χ0v) is 12.6. The molecule has 0 fully saturated rings. The van der Waals surface area contributed by atoms with Crippen LogP contribution in [0, 0.1) is 0 Å². The summed E-state index contributed by atoms with van der Waals surface area (Å²) in [6, 6.07) is 10.9. The van der Waals surface area contributed by atoms with Gasteiger partial charge in [-0.05, 0) is 11.8 Å². The Hall–Kier alpha value is -1.59. The number of hydrogen-bond acceptors (Lipinski definition) is 5. The lowest BCUT2D eigenvalue weighted by atomic mass is 10.1. The Kier molecular flexibility index (Phi) is 4.98. The fourth-order valence-electron chi connectivity index (χ4n) is 1.53. The van der Waals surface area contributed by atoms with Crippen molar-refractivity contribution in [3.05, 3.63) is 41.6 Å². The molecule has 0 N–H and O–H groups in total. The highest BCUT2D eigenvalue weighted by Crippen LogP contribution is 2.30. The van der Waals surface area contributed by atoms with E-state index in [4.69, 9.17) is 16.3 Å². The molecule has 0 saturated carbocycles. The lowest BCUT2D eigenvalue weighted by Gasteiger charge is -2.09. The molecule has 0 bridgehead atoms. The number of halogens is 1. The van der Waals surface area contributed by atoms with Gasteiger partial charge < -0.3 is 4.74 Å². The van der Waals surface area contributed by atoms with Crippen molar-refractivity contribution in [3.8, 4) is 17.0 Å². The molecule has 0 aliphatic carbocycles. The smallest absolute Gasteiger partial charge is 0.373 e. The van der Waals surface area contributed by atoms with Crippen LogP contribution in [-0.4, -0.2) is 20.7 Å². The van der Waals surface area contributed by atoms with Gasteiger partial charge in [-0.25, -0.2) is 4.79 Å². The number of aromatic nitrogens is 2. The van der Waals surface area contributed by atoms with Crippen molar-refractivity contribution in [2.24, 2.45) is 0 Å². The van der Waals surface area contributed by atoms with Crippen LogP contribution in [0.1, 0.15) is 13.8 Å². The minimum Gasteiger partial charge on any atom is -0.416 e. The van der Waals surface area contributed by atoms with Gasteiger partial charge in [0.15, 0.2) is 10.9 Å². The average Bonchev–Trinajstić information content (AvgIpc) is 2.39. The predicted octanol–water partition coefficient (Wildman–Crippen LogP) is 4.44. The maximum atomic E-state index is 11.8. The van der Waals surface area contributed by atoms with Crippen molar-refractivity contribution in [2.75, 3.05) is 0 Å². The fourth-order valence-corrected chi connectivity index (χ4v) is 2.19. The Bertz CT molecular complexity index is 605. The first-order valence-corrected chi connectivity index (χ1v) is 7.29. The highest BCUT2D eigenvalue weighted by molar-refractivity contribution is 8.13. The molecule has 2 rings (SSSR count). The maximum Gasteiger partial charge on any atom is 0.373 e. The minimum atomic E-state index is -0.388. The largest absolute Gasteiger partial charge is 0.416 e. The third kappa shape index (κ3) is 3.95. The average molecular weight is 309 g/mol. The summed E-state index contributed by atoms with van der Waals surface area (Å²) in [6.07, 6.45) is 0. The van der Waals surface area contributed by atoms with Gasteiger partial charge in [-0.3, -0.25) is 0 Å². The zero-order chi connectivity index (χ0) is 14.5. The topological polar surface area (TPSA) is 52.1 Å². The van der Waals surface area contributed by atoms with Crippen molar-refractivity contribution in [1.29, 1.82) is 0 Å². The molecule has 4 nitrogen and oxygen atoms in total.